The zero-order valence-electron chi connectivity index (χ0n) is 11.3. The first-order valence-electron chi connectivity index (χ1n) is 7.33. The van der Waals surface area contributed by atoms with E-state index in [-0.39, 0.29) is 5.92 Å². The summed E-state index contributed by atoms with van der Waals surface area (Å²) in [7, 11) is 0. The quantitative estimate of drug-likeness (QED) is 0.839. The Kier molecular flexibility index (Phi) is 3.82. The highest BCUT2D eigenvalue weighted by Gasteiger charge is 2.30. The minimum atomic E-state index is 0.189. The highest BCUT2D eigenvalue weighted by Crippen LogP contribution is 2.27. The van der Waals surface area contributed by atoms with Crippen LogP contribution in [0.3, 0.4) is 0 Å². The smallest absolute Gasteiger partial charge is 0.226 e. The number of nitrogens with one attached hydrogen (secondary N) is 2. The molecule has 0 bridgehead atoms. The molecule has 2 saturated heterocycles. The highest BCUT2D eigenvalue weighted by atomic mass is 16.2. The molecule has 2 unspecified atom stereocenters. The minimum absolute atomic E-state index is 0.189. The van der Waals surface area contributed by atoms with Crippen molar-refractivity contribution in [1.29, 1.82) is 0 Å². The summed E-state index contributed by atoms with van der Waals surface area (Å²) in [5.74, 6) is 0.961. The molecule has 1 aromatic heterocycles. The number of hydrogen-bond donors (Lipinski definition) is 2. The van der Waals surface area contributed by atoms with Crippen molar-refractivity contribution in [1.82, 2.24) is 20.4 Å². The molecule has 1 aromatic rings. The molecule has 2 atom stereocenters. The van der Waals surface area contributed by atoms with Gasteiger partial charge in [-0.25, -0.2) is 0 Å². The molecule has 1 amide bonds. The largest absolute Gasteiger partial charge is 0.342 e. The van der Waals surface area contributed by atoms with E-state index in [1.54, 1.807) is 6.20 Å². The van der Waals surface area contributed by atoms with E-state index in [2.05, 4.69) is 20.4 Å². The highest BCUT2D eigenvalue weighted by molar-refractivity contribution is 5.79. The van der Waals surface area contributed by atoms with Crippen molar-refractivity contribution < 1.29 is 4.79 Å². The summed E-state index contributed by atoms with van der Waals surface area (Å²) in [6.45, 7) is 3.67. The van der Waals surface area contributed by atoms with Crippen LogP contribution in [0, 0.1) is 5.92 Å². The predicted octanol–water partition coefficient (Wildman–Crippen LogP) is 1.12. The molecule has 104 valence electrons. The molecule has 0 radical (unpaired) electrons. The number of H-pyrrole nitrogens is 1. The van der Waals surface area contributed by atoms with Crippen LogP contribution in [0.2, 0.25) is 0 Å². The van der Waals surface area contributed by atoms with E-state index in [9.17, 15) is 4.79 Å². The Morgan fingerprint density at radius 3 is 3.05 bits per heavy atom. The summed E-state index contributed by atoms with van der Waals surface area (Å²) >= 11 is 0. The molecule has 2 aliphatic heterocycles. The maximum absolute atomic E-state index is 12.5. The molecule has 0 aliphatic carbocycles. The molecule has 2 aliphatic rings. The third-order valence-corrected chi connectivity index (χ3v) is 4.34. The molecule has 2 N–H and O–H groups in total. The summed E-state index contributed by atoms with van der Waals surface area (Å²) in [5, 5.41) is 10.4. The van der Waals surface area contributed by atoms with Crippen LogP contribution in [0.5, 0.6) is 0 Å². The summed E-state index contributed by atoms with van der Waals surface area (Å²) < 4.78 is 0. The van der Waals surface area contributed by atoms with Gasteiger partial charge in [-0.3, -0.25) is 9.89 Å². The lowest BCUT2D eigenvalue weighted by Gasteiger charge is -2.35. The Labute approximate surface area is 113 Å². The molecule has 5 nitrogen and oxygen atoms in total. The molecular weight excluding hydrogens is 240 g/mol. The topological polar surface area (TPSA) is 61.0 Å². The van der Waals surface area contributed by atoms with Gasteiger partial charge in [0.25, 0.3) is 0 Å². The van der Waals surface area contributed by atoms with Crippen molar-refractivity contribution in [3.8, 4) is 0 Å². The average Bonchev–Trinajstić information content (AvgIpc) is 3.02. The van der Waals surface area contributed by atoms with Crippen LogP contribution in [-0.4, -0.2) is 47.2 Å². The van der Waals surface area contributed by atoms with Crippen LogP contribution >= 0.6 is 0 Å². The Morgan fingerprint density at radius 1 is 1.37 bits per heavy atom. The molecular formula is C14H22N4O. The Morgan fingerprint density at radius 2 is 2.32 bits per heavy atom. The maximum Gasteiger partial charge on any atom is 0.226 e. The van der Waals surface area contributed by atoms with Gasteiger partial charge in [-0.2, -0.15) is 5.10 Å². The Balaban J connectivity index is 1.62. The number of amides is 1. The van der Waals surface area contributed by atoms with E-state index in [0.717, 1.165) is 51.9 Å². The van der Waals surface area contributed by atoms with Crippen LogP contribution in [0.4, 0.5) is 0 Å². The number of piperidine rings is 2. The standard InChI is InChI=1S/C14H22N4O/c19-14(11-3-1-6-15-9-11)18-8-2-4-12(10-18)13-5-7-16-17-13/h5,7,11-12,15H,1-4,6,8-10H2,(H,16,17). The van der Waals surface area contributed by atoms with E-state index in [4.69, 9.17) is 0 Å². The number of carbonyl (C=O) groups is 1. The number of rotatable bonds is 2. The monoisotopic (exact) mass is 262 g/mol. The third-order valence-electron chi connectivity index (χ3n) is 4.34. The van der Waals surface area contributed by atoms with Crippen LogP contribution in [0.25, 0.3) is 0 Å². The van der Waals surface area contributed by atoms with E-state index in [1.165, 1.54) is 5.69 Å². The van der Waals surface area contributed by atoms with Gasteiger partial charge in [0, 0.05) is 37.4 Å². The van der Waals surface area contributed by atoms with E-state index in [0.29, 0.717) is 11.8 Å². The van der Waals surface area contributed by atoms with Gasteiger partial charge in [0.1, 0.15) is 0 Å². The van der Waals surface area contributed by atoms with Crippen LogP contribution in [0.15, 0.2) is 12.3 Å². The van der Waals surface area contributed by atoms with Gasteiger partial charge >= 0.3 is 0 Å². The predicted molar refractivity (Wildman–Crippen MR) is 72.7 cm³/mol. The van der Waals surface area contributed by atoms with Crippen molar-refractivity contribution in [2.75, 3.05) is 26.2 Å². The second-order valence-electron chi connectivity index (χ2n) is 5.68. The first-order chi connectivity index (χ1) is 9.34. The number of nitrogens with zero attached hydrogens (tertiary/aromatic N) is 2. The first kappa shape index (κ1) is 12.7. The summed E-state index contributed by atoms with van der Waals surface area (Å²) in [6.07, 6.45) is 6.19. The van der Waals surface area contributed by atoms with Gasteiger partial charge in [-0.05, 0) is 38.3 Å². The SMILES string of the molecule is O=C(C1CCCNC1)N1CCCC(c2ccn[nH]2)C1. The number of aromatic amines is 1. The van der Waals surface area contributed by atoms with E-state index in [1.807, 2.05) is 6.07 Å². The van der Waals surface area contributed by atoms with Crippen molar-refractivity contribution >= 4 is 5.91 Å². The molecule has 3 rings (SSSR count). The molecule has 0 spiro atoms. The lowest BCUT2D eigenvalue weighted by molar-refractivity contribution is -0.137. The first-order valence-corrected chi connectivity index (χ1v) is 7.33. The zero-order chi connectivity index (χ0) is 13.1. The maximum atomic E-state index is 12.5. The van der Waals surface area contributed by atoms with E-state index < -0.39 is 0 Å². The van der Waals surface area contributed by atoms with Crippen LogP contribution in [0.1, 0.15) is 37.3 Å². The fourth-order valence-electron chi connectivity index (χ4n) is 3.25. The Hall–Kier alpha value is -1.36. The van der Waals surface area contributed by atoms with Gasteiger partial charge < -0.3 is 10.2 Å². The van der Waals surface area contributed by atoms with Crippen LogP contribution < -0.4 is 5.32 Å². The summed E-state index contributed by atoms with van der Waals surface area (Å²) in [4.78, 5) is 14.6. The second-order valence-corrected chi connectivity index (χ2v) is 5.68. The second kappa shape index (κ2) is 5.74. The lowest BCUT2D eigenvalue weighted by atomic mass is 9.92. The van der Waals surface area contributed by atoms with Crippen LogP contribution in [-0.2, 0) is 4.79 Å². The van der Waals surface area contributed by atoms with E-state index >= 15 is 0 Å². The van der Waals surface area contributed by atoms with Gasteiger partial charge in [-0.15, -0.1) is 0 Å². The van der Waals surface area contributed by atoms with Gasteiger partial charge in [0.2, 0.25) is 5.91 Å². The number of likely N-dealkylation sites (tertiary alicyclic amines) is 1. The normalized spacial score (nSPS) is 28.3. The number of carbonyl (C=O) groups excluding carboxylic acids is 1. The number of hydrogen-bond acceptors (Lipinski definition) is 3. The van der Waals surface area contributed by atoms with Gasteiger partial charge in [0.05, 0.1) is 5.92 Å². The summed E-state index contributed by atoms with van der Waals surface area (Å²) in [5.41, 5.74) is 1.17. The van der Waals surface area contributed by atoms with Gasteiger partial charge in [-0.1, -0.05) is 0 Å². The lowest BCUT2D eigenvalue weighted by Crippen LogP contribution is -2.46. The zero-order valence-corrected chi connectivity index (χ0v) is 11.3. The third kappa shape index (κ3) is 2.81. The molecule has 5 heteroatoms. The molecule has 0 aromatic carbocycles. The average molecular weight is 262 g/mol. The number of aromatic nitrogens is 2. The van der Waals surface area contributed by atoms with Crippen molar-refractivity contribution in [2.24, 2.45) is 5.92 Å². The molecule has 19 heavy (non-hydrogen) atoms. The van der Waals surface area contributed by atoms with Gasteiger partial charge in [0.15, 0.2) is 0 Å². The fourth-order valence-corrected chi connectivity index (χ4v) is 3.25. The van der Waals surface area contributed by atoms with Crippen molar-refractivity contribution in [2.45, 2.75) is 31.6 Å². The van der Waals surface area contributed by atoms with Crippen molar-refractivity contribution in [3.05, 3.63) is 18.0 Å². The van der Waals surface area contributed by atoms with Crippen molar-refractivity contribution in [3.63, 3.8) is 0 Å². The Bertz CT molecular complexity index is 411. The molecule has 2 fully saturated rings. The fraction of sp³-hybridized carbons (Fsp3) is 0.714. The molecule has 3 heterocycles. The summed E-state index contributed by atoms with van der Waals surface area (Å²) in [6, 6.07) is 2.03. The molecule has 0 saturated carbocycles. The minimum Gasteiger partial charge on any atom is -0.342 e.